The molecule has 2 nitrogen and oxygen atoms in total. The molecule has 0 amide bonds. The van der Waals surface area contributed by atoms with Crippen molar-refractivity contribution >= 4 is 11.0 Å². The summed E-state index contributed by atoms with van der Waals surface area (Å²) >= 11 is 0. The average Bonchev–Trinajstić information content (AvgIpc) is 2.82. The molecule has 0 bridgehead atoms. The zero-order valence-corrected chi connectivity index (χ0v) is 14.1. The lowest BCUT2D eigenvalue weighted by atomic mass is 9.95. The van der Waals surface area contributed by atoms with E-state index in [0.29, 0.717) is 11.8 Å². The second kappa shape index (κ2) is 5.60. The van der Waals surface area contributed by atoms with Gasteiger partial charge in [0.2, 0.25) is 0 Å². The standard InChI is InChI=1S/C20H24N2/c1-13(2)16-10-17(14(3)4)12-18(11-16)22-15(5)21-19-8-6-7-9-20(19)22/h6-14H,1-5H3. The summed E-state index contributed by atoms with van der Waals surface area (Å²) in [6, 6.07) is 15.3. The van der Waals surface area contributed by atoms with Crippen LogP contribution in [0.2, 0.25) is 0 Å². The molecular formula is C20H24N2. The van der Waals surface area contributed by atoms with Crippen molar-refractivity contribution in [3.8, 4) is 5.69 Å². The van der Waals surface area contributed by atoms with E-state index >= 15 is 0 Å². The van der Waals surface area contributed by atoms with Gasteiger partial charge in [-0.15, -0.1) is 0 Å². The Balaban J connectivity index is 2.28. The summed E-state index contributed by atoms with van der Waals surface area (Å²) in [5.74, 6) is 2.08. The molecular weight excluding hydrogens is 268 g/mol. The molecule has 0 spiro atoms. The molecule has 3 aromatic rings. The van der Waals surface area contributed by atoms with Crippen molar-refractivity contribution in [3.63, 3.8) is 0 Å². The second-order valence-corrected chi connectivity index (χ2v) is 6.65. The molecule has 0 atom stereocenters. The molecule has 114 valence electrons. The predicted molar refractivity (Wildman–Crippen MR) is 94.0 cm³/mol. The fraction of sp³-hybridized carbons (Fsp3) is 0.350. The highest BCUT2D eigenvalue weighted by atomic mass is 15.1. The Morgan fingerprint density at radius 1 is 0.864 bits per heavy atom. The fourth-order valence-corrected chi connectivity index (χ4v) is 2.93. The molecule has 0 saturated carbocycles. The molecule has 3 rings (SSSR count). The minimum Gasteiger partial charge on any atom is -0.297 e. The molecule has 0 aliphatic rings. The van der Waals surface area contributed by atoms with Gasteiger partial charge in [-0.05, 0) is 54.2 Å². The van der Waals surface area contributed by atoms with Gasteiger partial charge in [-0.2, -0.15) is 0 Å². The number of nitrogens with zero attached hydrogens (tertiary/aromatic N) is 2. The molecule has 1 heterocycles. The van der Waals surface area contributed by atoms with E-state index in [2.05, 4.69) is 75.6 Å². The highest BCUT2D eigenvalue weighted by Crippen LogP contribution is 2.28. The third kappa shape index (κ3) is 2.54. The number of fused-ring (bicyclic) bond motifs is 1. The number of hydrogen-bond acceptors (Lipinski definition) is 1. The maximum Gasteiger partial charge on any atom is 0.111 e. The zero-order chi connectivity index (χ0) is 15.9. The Morgan fingerprint density at radius 3 is 2.05 bits per heavy atom. The monoisotopic (exact) mass is 292 g/mol. The molecule has 0 aliphatic carbocycles. The SMILES string of the molecule is Cc1nc2ccccc2n1-c1cc(C(C)C)cc(C(C)C)c1. The maximum atomic E-state index is 4.70. The first-order chi connectivity index (χ1) is 10.5. The van der Waals surface area contributed by atoms with Crippen LogP contribution in [0.5, 0.6) is 0 Å². The number of hydrogen-bond donors (Lipinski definition) is 0. The van der Waals surface area contributed by atoms with Crippen molar-refractivity contribution < 1.29 is 0 Å². The summed E-state index contributed by atoms with van der Waals surface area (Å²) in [7, 11) is 0. The van der Waals surface area contributed by atoms with Crippen molar-refractivity contribution in [1.82, 2.24) is 9.55 Å². The van der Waals surface area contributed by atoms with Gasteiger partial charge < -0.3 is 0 Å². The van der Waals surface area contributed by atoms with E-state index in [1.807, 2.05) is 6.07 Å². The number of benzene rings is 2. The van der Waals surface area contributed by atoms with E-state index in [1.165, 1.54) is 22.3 Å². The minimum atomic E-state index is 0.521. The molecule has 2 heteroatoms. The Hall–Kier alpha value is -2.09. The molecule has 0 radical (unpaired) electrons. The van der Waals surface area contributed by atoms with Gasteiger partial charge >= 0.3 is 0 Å². The van der Waals surface area contributed by atoms with Gasteiger partial charge in [-0.25, -0.2) is 4.98 Å². The molecule has 0 N–H and O–H groups in total. The van der Waals surface area contributed by atoms with E-state index in [9.17, 15) is 0 Å². The van der Waals surface area contributed by atoms with Crippen molar-refractivity contribution in [2.24, 2.45) is 0 Å². The quantitative estimate of drug-likeness (QED) is 0.616. The number of aromatic nitrogens is 2. The molecule has 0 aliphatic heterocycles. The molecule has 2 aromatic carbocycles. The van der Waals surface area contributed by atoms with Crippen molar-refractivity contribution in [2.45, 2.75) is 46.5 Å². The van der Waals surface area contributed by atoms with Gasteiger partial charge in [-0.3, -0.25) is 4.57 Å². The highest BCUT2D eigenvalue weighted by molar-refractivity contribution is 5.78. The summed E-state index contributed by atoms with van der Waals surface area (Å²) in [4.78, 5) is 4.70. The van der Waals surface area contributed by atoms with Crippen LogP contribution in [0.3, 0.4) is 0 Å². The molecule has 0 unspecified atom stereocenters. The van der Waals surface area contributed by atoms with Crippen molar-refractivity contribution in [3.05, 3.63) is 59.4 Å². The Labute approximate surface area is 132 Å². The first-order valence-electron chi connectivity index (χ1n) is 8.06. The van der Waals surface area contributed by atoms with Gasteiger partial charge in [-0.1, -0.05) is 45.9 Å². The van der Waals surface area contributed by atoms with Crippen LogP contribution in [-0.2, 0) is 0 Å². The van der Waals surface area contributed by atoms with E-state index in [4.69, 9.17) is 4.98 Å². The summed E-state index contributed by atoms with van der Waals surface area (Å²) in [6.07, 6.45) is 0. The van der Waals surface area contributed by atoms with Crippen LogP contribution in [-0.4, -0.2) is 9.55 Å². The van der Waals surface area contributed by atoms with Crippen molar-refractivity contribution in [2.75, 3.05) is 0 Å². The van der Waals surface area contributed by atoms with E-state index < -0.39 is 0 Å². The van der Waals surface area contributed by atoms with Gasteiger partial charge in [0, 0.05) is 5.69 Å². The average molecular weight is 292 g/mol. The maximum absolute atomic E-state index is 4.70. The van der Waals surface area contributed by atoms with Crippen LogP contribution in [0.1, 0.15) is 56.5 Å². The van der Waals surface area contributed by atoms with Crippen LogP contribution in [0.15, 0.2) is 42.5 Å². The lowest BCUT2D eigenvalue weighted by molar-refractivity contribution is 0.827. The molecule has 0 fully saturated rings. The largest absolute Gasteiger partial charge is 0.297 e. The molecule has 22 heavy (non-hydrogen) atoms. The summed E-state index contributed by atoms with van der Waals surface area (Å²) in [5.41, 5.74) is 6.23. The first kappa shape index (κ1) is 14.8. The highest BCUT2D eigenvalue weighted by Gasteiger charge is 2.12. The number of aryl methyl sites for hydroxylation is 1. The summed E-state index contributed by atoms with van der Waals surface area (Å²) in [5, 5.41) is 0. The topological polar surface area (TPSA) is 17.8 Å². The third-order valence-electron chi connectivity index (χ3n) is 4.28. The summed E-state index contributed by atoms with van der Waals surface area (Å²) in [6.45, 7) is 11.1. The lowest BCUT2D eigenvalue weighted by Gasteiger charge is -2.16. The van der Waals surface area contributed by atoms with Crippen LogP contribution in [0.4, 0.5) is 0 Å². The van der Waals surface area contributed by atoms with Gasteiger partial charge in [0.05, 0.1) is 11.0 Å². The van der Waals surface area contributed by atoms with Gasteiger partial charge in [0.25, 0.3) is 0 Å². The minimum absolute atomic E-state index is 0.521. The smallest absolute Gasteiger partial charge is 0.111 e. The molecule has 1 aromatic heterocycles. The van der Waals surface area contributed by atoms with E-state index in [-0.39, 0.29) is 0 Å². The second-order valence-electron chi connectivity index (χ2n) is 6.65. The van der Waals surface area contributed by atoms with Crippen molar-refractivity contribution in [1.29, 1.82) is 0 Å². The van der Waals surface area contributed by atoms with E-state index in [0.717, 1.165) is 11.3 Å². The number of para-hydroxylation sites is 2. The van der Waals surface area contributed by atoms with E-state index in [1.54, 1.807) is 0 Å². The van der Waals surface area contributed by atoms with Gasteiger partial charge in [0.15, 0.2) is 0 Å². The van der Waals surface area contributed by atoms with Crippen LogP contribution < -0.4 is 0 Å². The Morgan fingerprint density at radius 2 is 1.45 bits per heavy atom. The number of rotatable bonds is 3. The lowest BCUT2D eigenvalue weighted by Crippen LogP contribution is -2.02. The Bertz CT molecular complexity index is 783. The van der Waals surface area contributed by atoms with Gasteiger partial charge in [0.1, 0.15) is 5.82 Å². The zero-order valence-electron chi connectivity index (χ0n) is 14.1. The molecule has 0 saturated heterocycles. The first-order valence-corrected chi connectivity index (χ1v) is 8.06. The predicted octanol–water partition coefficient (Wildman–Crippen LogP) is 5.58. The Kier molecular flexibility index (Phi) is 3.78. The fourth-order valence-electron chi connectivity index (χ4n) is 2.93. The van der Waals surface area contributed by atoms with Crippen LogP contribution >= 0.6 is 0 Å². The normalized spacial score (nSPS) is 11.8. The summed E-state index contributed by atoms with van der Waals surface area (Å²) < 4.78 is 2.27. The third-order valence-corrected chi connectivity index (χ3v) is 4.28. The number of imidazole rings is 1. The van der Waals surface area contributed by atoms with Crippen LogP contribution in [0, 0.1) is 6.92 Å². The van der Waals surface area contributed by atoms with Crippen LogP contribution in [0.25, 0.3) is 16.7 Å².